The van der Waals surface area contributed by atoms with Gasteiger partial charge in [-0.25, -0.2) is 4.98 Å². The molecule has 0 amide bonds. The number of aromatic nitrogens is 2. The van der Waals surface area contributed by atoms with Gasteiger partial charge in [-0.3, -0.25) is 9.59 Å². The predicted octanol–water partition coefficient (Wildman–Crippen LogP) is 7.43. The fraction of sp³-hybridized carbons (Fsp3) is 0.0690. The van der Waals surface area contributed by atoms with E-state index in [1.165, 1.54) is 7.11 Å². The number of hydrogen-bond acceptors (Lipinski definition) is 4. The van der Waals surface area contributed by atoms with Crippen molar-refractivity contribution in [2.24, 2.45) is 0 Å². The van der Waals surface area contributed by atoms with Crippen molar-refractivity contribution in [2.45, 2.75) is 6.42 Å². The van der Waals surface area contributed by atoms with Gasteiger partial charge in [0.25, 0.3) is 0 Å². The fourth-order valence-corrected chi connectivity index (χ4v) is 4.96. The van der Waals surface area contributed by atoms with Crippen LogP contribution in [0.1, 0.15) is 31.8 Å². The molecule has 0 fully saturated rings. The van der Waals surface area contributed by atoms with Crippen LogP contribution in [0.2, 0.25) is 10.0 Å². The van der Waals surface area contributed by atoms with Gasteiger partial charge in [0.15, 0.2) is 12.6 Å². The Morgan fingerprint density at radius 3 is 2.33 bits per heavy atom. The third-order valence-corrected chi connectivity index (χ3v) is 7.01. The highest BCUT2D eigenvalue weighted by Gasteiger charge is 2.17. The molecule has 3 aromatic carbocycles. The first kappa shape index (κ1) is 23.8. The van der Waals surface area contributed by atoms with Gasteiger partial charge in [0.05, 0.1) is 28.4 Å². The molecule has 0 aliphatic rings. The van der Waals surface area contributed by atoms with Crippen LogP contribution in [-0.4, -0.2) is 29.7 Å². The van der Waals surface area contributed by atoms with Crippen LogP contribution in [-0.2, 0) is 6.42 Å². The van der Waals surface area contributed by atoms with Crippen LogP contribution in [0.4, 0.5) is 0 Å². The lowest BCUT2D eigenvalue weighted by Gasteiger charge is -2.14. The fourth-order valence-electron chi connectivity index (χ4n) is 4.34. The number of ether oxygens (including phenoxy) is 1. The van der Waals surface area contributed by atoms with Crippen molar-refractivity contribution in [1.82, 2.24) is 9.97 Å². The topological polar surface area (TPSA) is 72.0 Å². The minimum atomic E-state index is 0.239. The summed E-state index contributed by atoms with van der Waals surface area (Å²) in [5, 5.41) is 2.00. The van der Waals surface area contributed by atoms with Crippen molar-refractivity contribution in [1.29, 1.82) is 0 Å². The lowest BCUT2D eigenvalue weighted by atomic mass is 9.96. The molecular formula is C29H20Cl2N2O3. The van der Waals surface area contributed by atoms with E-state index in [0.29, 0.717) is 45.1 Å². The summed E-state index contributed by atoms with van der Waals surface area (Å²) in [5.41, 5.74) is 6.79. The quantitative estimate of drug-likeness (QED) is 0.229. The number of nitrogens with one attached hydrogen (secondary N) is 1. The SMILES string of the molecule is COc1nc(-c2cccc(-c3cccc(Cc4ccc5c(C=O)c[nH]c5c4)c3Cl)c2Cl)ccc1C=O. The van der Waals surface area contributed by atoms with Crippen molar-refractivity contribution < 1.29 is 14.3 Å². The Labute approximate surface area is 217 Å². The Morgan fingerprint density at radius 1 is 0.861 bits per heavy atom. The van der Waals surface area contributed by atoms with Crippen LogP contribution in [0.3, 0.4) is 0 Å². The minimum absolute atomic E-state index is 0.239. The minimum Gasteiger partial charge on any atom is -0.480 e. The molecule has 7 heteroatoms. The number of carbonyl (C=O) groups excluding carboxylic acids is 2. The summed E-state index contributed by atoms with van der Waals surface area (Å²) < 4.78 is 5.25. The molecule has 0 aliphatic carbocycles. The van der Waals surface area contributed by atoms with Crippen molar-refractivity contribution in [3.05, 3.63) is 105 Å². The molecule has 178 valence electrons. The average molecular weight is 515 g/mol. The number of halogens is 2. The molecule has 0 spiro atoms. The van der Waals surface area contributed by atoms with Crippen LogP contribution < -0.4 is 4.74 Å². The van der Waals surface area contributed by atoms with E-state index in [1.807, 2.05) is 54.6 Å². The first-order chi connectivity index (χ1) is 17.5. The highest BCUT2D eigenvalue weighted by Crippen LogP contribution is 2.40. The number of benzene rings is 3. The molecule has 0 atom stereocenters. The number of pyridine rings is 1. The molecule has 1 N–H and O–H groups in total. The van der Waals surface area contributed by atoms with Crippen LogP contribution in [0, 0.1) is 0 Å². The van der Waals surface area contributed by atoms with E-state index in [1.54, 1.807) is 18.3 Å². The number of fused-ring (bicyclic) bond motifs is 1. The maximum absolute atomic E-state index is 11.2. The van der Waals surface area contributed by atoms with Gasteiger partial charge in [-0.2, -0.15) is 0 Å². The van der Waals surface area contributed by atoms with Crippen LogP contribution >= 0.6 is 23.2 Å². The van der Waals surface area contributed by atoms with Gasteiger partial charge < -0.3 is 9.72 Å². The highest BCUT2D eigenvalue weighted by atomic mass is 35.5. The van der Waals surface area contributed by atoms with E-state index >= 15 is 0 Å². The van der Waals surface area contributed by atoms with Crippen molar-refractivity contribution in [3.8, 4) is 28.3 Å². The van der Waals surface area contributed by atoms with Gasteiger partial charge in [0, 0.05) is 39.4 Å². The van der Waals surface area contributed by atoms with E-state index < -0.39 is 0 Å². The summed E-state index contributed by atoms with van der Waals surface area (Å²) in [4.78, 5) is 30.1. The number of H-pyrrole nitrogens is 1. The monoisotopic (exact) mass is 514 g/mol. The van der Waals surface area contributed by atoms with Crippen LogP contribution in [0.5, 0.6) is 5.88 Å². The zero-order valence-electron chi connectivity index (χ0n) is 19.2. The van der Waals surface area contributed by atoms with E-state index in [0.717, 1.165) is 39.4 Å². The van der Waals surface area contributed by atoms with Crippen molar-refractivity contribution in [2.75, 3.05) is 7.11 Å². The second-order valence-corrected chi connectivity index (χ2v) is 9.03. The molecule has 5 aromatic rings. The molecule has 5 rings (SSSR count). The number of nitrogens with zero attached hydrogens (tertiary/aromatic N) is 1. The van der Waals surface area contributed by atoms with E-state index in [2.05, 4.69) is 9.97 Å². The summed E-state index contributed by atoms with van der Waals surface area (Å²) in [6, 6.07) is 20.9. The van der Waals surface area contributed by atoms with E-state index in [4.69, 9.17) is 27.9 Å². The van der Waals surface area contributed by atoms with Gasteiger partial charge in [0.2, 0.25) is 5.88 Å². The van der Waals surface area contributed by atoms with Crippen LogP contribution in [0.15, 0.2) is 72.9 Å². The van der Waals surface area contributed by atoms with E-state index in [9.17, 15) is 9.59 Å². The standard InChI is InChI=1S/C29H20Cl2N2O3/c1-36-29-19(15-34)9-11-25(33-29)24-7-3-6-23(28(24)31)22-5-2-4-18(27(22)30)12-17-8-10-21-20(16-35)14-32-26(21)13-17/h2-11,13-16,32H,12H2,1H3. The largest absolute Gasteiger partial charge is 0.480 e. The molecule has 0 saturated heterocycles. The number of aldehydes is 2. The molecule has 0 unspecified atom stereocenters. The molecule has 0 radical (unpaired) electrons. The molecule has 5 nitrogen and oxygen atoms in total. The maximum Gasteiger partial charge on any atom is 0.224 e. The molecule has 36 heavy (non-hydrogen) atoms. The van der Waals surface area contributed by atoms with Gasteiger partial charge in [-0.15, -0.1) is 0 Å². The highest BCUT2D eigenvalue weighted by molar-refractivity contribution is 6.38. The second-order valence-electron chi connectivity index (χ2n) is 8.28. The maximum atomic E-state index is 11.2. The zero-order chi connectivity index (χ0) is 25.2. The number of aromatic amines is 1. The predicted molar refractivity (Wildman–Crippen MR) is 144 cm³/mol. The second kappa shape index (κ2) is 9.97. The Kier molecular flexibility index (Phi) is 6.59. The summed E-state index contributed by atoms with van der Waals surface area (Å²) in [6.45, 7) is 0. The number of carbonyl (C=O) groups is 2. The first-order valence-corrected chi connectivity index (χ1v) is 11.9. The van der Waals surface area contributed by atoms with Crippen molar-refractivity contribution >= 4 is 46.7 Å². The van der Waals surface area contributed by atoms with Crippen molar-refractivity contribution in [3.63, 3.8) is 0 Å². The third-order valence-electron chi connectivity index (χ3n) is 6.15. The zero-order valence-corrected chi connectivity index (χ0v) is 20.7. The molecule has 2 aromatic heterocycles. The number of hydrogen-bond donors (Lipinski definition) is 1. The van der Waals surface area contributed by atoms with Gasteiger partial charge in [-0.05, 0) is 35.7 Å². The van der Waals surface area contributed by atoms with E-state index in [-0.39, 0.29) is 5.88 Å². The number of rotatable bonds is 7. The summed E-state index contributed by atoms with van der Waals surface area (Å²) in [5.74, 6) is 0.239. The Morgan fingerprint density at radius 2 is 1.58 bits per heavy atom. The van der Waals surface area contributed by atoms with Gasteiger partial charge >= 0.3 is 0 Å². The molecular weight excluding hydrogens is 495 g/mol. The smallest absolute Gasteiger partial charge is 0.224 e. The average Bonchev–Trinajstić information content (AvgIpc) is 3.32. The lowest BCUT2D eigenvalue weighted by Crippen LogP contribution is -1.97. The first-order valence-electron chi connectivity index (χ1n) is 11.2. The van der Waals surface area contributed by atoms with Crippen LogP contribution in [0.25, 0.3) is 33.3 Å². The lowest BCUT2D eigenvalue weighted by molar-refractivity contribution is 0.111. The summed E-state index contributed by atoms with van der Waals surface area (Å²) in [7, 11) is 1.47. The number of methoxy groups -OCH3 is 1. The Balaban J connectivity index is 1.52. The molecule has 0 bridgehead atoms. The Bertz CT molecular complexity index is 1620. The molecule has 0 aliphatic heterocycles. The van der Waals surface area contributed by atoms with Gasteiger partial charge in [-0.1, -0.05) is 71.7 Å². The summed E-state index contributed by atoms with van der Waals surface area (Å²) in [6.07, 6.45) is 3.87. The van der Waals surface area contributed by atoms with Gasteiger partial charge in [0.1, 0.15) is 0 Å². The summed E-state index contributed by atoms with van der Waals surface area (Å²) >= 11 is 13.8. The molecule has 2 heterocycles. The Hall–Kier alpha value is -3.93. The normalized spacial score (nSPS) is 11.0. The third kappa shape index (κ3) is 4.28. The molecule has 0 saturated carbocycles.